The molecule has 0 atom stereocenters. The normalized spacial score (nSPS) is 18.8. The van der Waals surface area contributed by atoms with Crippen LogP contribution in [0.4, 0.5) is 0 Å². The molecule has 1 aliphatic rings. The molecule has 0 aromatic carbocycles. The maximum atomic E-state index is 5.44. The molecule has 1 rings (SSSR count). The second kappa shape index (κ2) is 4.86. The van der Waals surface area contributed by atoms with Gasteiger partial charge in [-0.1, -0.05) is 13.2 Å². The molecule has 1 aliphatic heterocycles. The second-order valence-corrected chi connectivity index (χ2v) is 3.69. The quantitative estimate of drug-likeness (QED) is 0.672. The Morgan fingerprint density at radius 3 is 2.21 bits per heavy atom. The number of hydrogen-bond acceptors (Lipinski definition) is 3. The molecular formula is C11H19N3. The summed E-state index contributed by atoms with van der Waals surface area (Å²) >= 11 is 0. The highest BCUT2D eigenvalue weighted by molar-refractivity contribution is 5.21. The van der Waals surface area contributed by atoms with Gasteiger partial charge in [-0.3, -0.25) is 0 Å². The first-order chi connectivity index (χ1) is 6.59. The molecule has 1 saturated heterocycles. The van der Waals surface area contributed by atoms with Crippen molar-refractivity contribution in [2.45, 2.75) is 0 Å². The summed E-state index contributed by atoms with van der Waals surface area (Å²) in [6.45, 7) is 11.9. The van der Waals surface area contributed by atoms with E-state index in [-0.39, 0.29) is 0 Å². The highest BCUT2D eigenvalue weighted by Crippen LogP contribution is 2.08. The molecule has 78 valence electrons. The Morgan fingerprint density at radius 1 is 1.14 bits per heavy atom. The van der Waals surface area contributed by atoms with E-state index in [0.29, 0.717) is 5.70 Å². The lowest BCUT2D eigenvalue weighted by atomic mass is 10.2. The number of nitrogens with zero attached hydrogens (tertiary/aromatic N) is 2. The Bertz CT molecular complexity index is 247. The summed E-state index contributed by atoms with van der Waals surface area (Å²) in [7, 11) is 2.14. The lowest BCUT2D eigenvalue weighted by molar-refractivity contribution is 0.190. The molecule has 0 spiro atoms. The first-order valence-corrected chi connectivity index (χ1v) is 4.84. The van der Waals surface area contributed by atoms with Crippen molar-refractivity contribution in [3.8, 4) is 0 Å². The Hall–Kier alpha value is -1.22. The smallest absolute Gasteiger partial charge is 0.0306 e. The molecule has 1 fully saturated rings. The highest BCUT2D eigenvalue weighted by atomic mass is 15.2. The third kappa shape index (κ3) is 3.26. The van der Waals surface area contributed by atoms with E-state index in [0.717, 1.165) is 31.9 Å². The van der Waals surface area contributed by atoms with Crippen LogP contribution in [0.2, 0.25) is 0 Å². The largest absolute Gasteiger partial charge is 0.399 e. The minimum absolute atomic E-state index is 0.570. The van der Waals surface area contributed by atoms with Crippen LogP contribution in [0.15, 0.2) is 36.7 Å². The molecule has 3 heteroatoms. The van der Waals surface area contributed by atoms with Gasteiger partial charge in [-0.05, 0) is 19.2 Å². The van der Waals surface area contributed by atoms with E-state index in [2.05, 4.69) is 30.0 Å². The molecule has 0 aromatic heterocycles. The van der Waals surface area contributed by atoms with Gasteiger partial charge in [0.1, 0.15) is 0 Å². The topological polar surface area (TPSA) is 32.5 Å². The van der Waals surface area contributed by atoms with E-state index in [4.69, 9.17) is 5.73 Å². The summed E-state index contributed by atoms with van der Waals surface area (Å²) in [6, 6.07) is 0. The Balaban J connectivity index is 2.42. The van der Waals surface area contributed by atoms with Crippen LogP contribution in [-0.4, -0.2) is 43.0 Å². The number of hydrogen-bond donors (Lipinski definition) is 1. The molecule has 3 nitrogen and oxygen atoms in total. The molecule has 0 amide bonds. The number of likely N-dealkylation sites (N-methyl/N-ethyl adjacent to an activating group) is 1. The third-order valence-electron chi connectivity index (χ3n) is 2.40. The summed E-state index contributed by atoms with van der Waals surface area (Å²) in [4.78, 5) is 4.58. The lowest BCUT2D eigenvalue weighted by Gasteiger charge is -2.34. The standard InChI is InChI=1S/C11H19N3/c1-10(12)4-5-11(2)14-8-6-13(3)7-9-14/h4-5H,1-2,6-9,12H2,3H3/b5-4-. The lowest BCUT2D eigenvalue weighted by Crippen LogP contribution is -2.43. The van der Waals surface area contributed by atoms with E-state index in [1.54, 1.807) is 6.08 Å². The number of allylic oxidation sites excluding steroid dienone is 2. The minimum Gasteiger partial charge on any atom is -0.399 e. The predicted octanol–water partition coefficient (Wildman–Crippen LogP) is 0.776. The van der Waals surface area contributed by atoms with E-state index in [9.17, 15) is 0 Å². The van der Waals surface area contributed by atoms with Gasteiger partial charge in [-0.2, -0.15) is 0 Å². The first-order valence-electron chi connectivity index (χ1n) is 4.84. The zero-order valence-corrected chi connectivity index (χ0v) is 8.87. The van der Waals surface area contributed by atoms with E-state index in [1.165, 1.54) is 0 Å². The van der Waals surface area contributed by atoms with Gasteiger partial charge in [0.05, 0.1) is 0 Å². The summed E-state index contributed by atoms with van der Waals surface area (Å²) in [5.74, 6) is 0. The van der Waals surface area contributed by atoms with Crippen molar-refractivity contribution < 1.29 is 0 Å². The molecule has 0 saturated carbocycles. The van der Waals surface area contributed by atoms with Crippen LogP contribution < -0.4 is 5.73 Å². The fourth-order valence-corrected chi connectivity index (χ4v) is 1.40. The molecule has 0 aliphatic carbocycles. The van der Waals surface area contributed by atoms with Crippen molar-refractivity contribution >= 4 is 0 Å². The summed E-state index contributed by atoms with van der Waals surface area (Å²) in [6.07, 6.45) is 3.72. The van der Waals surface area contributed by atoms with E-state index < -0.39 is 0 Å². The second-order valence-electron chi connectivity index (χ2n) is 3.69. The number of rotatable bonds is 3. The van der Waals surface area contributed by atoms with Crippen LogP contribution in [-0.2, 0) is 0 Å². The molecule has 1 heterocycles. The van der Waals surface area contributed by atoms with Crippen molar-refractivity contribution in [1.29, 1.82) is 0 Å². The summed E-state index contributed by atoms with van der Waals surface area (Å²) in [5.41, 5.74) is 7.03. The monoisotopic (exact) mass is 193 g/mol. The fourth-order valence-electron chi connectivity index (χ4n) is 1.40. The van der Waals surface area contributed by atoms with Crippen LogP contribution in [0.1, 0.15) is 0 Å². The van der Waals surface area contributed by atoms with Crippen LogP contribution in [0.3, 0.4) is 0 Å². The summed E-state index contributed by atoms with van der Waals surface area (Å²) < 4.78 is 0. The Labute approximate surface area is 86.2 Å². The zero-order valence-electron chi connectivity index (χ0n) is 8.87. The molecule has 14 heavy (non-hydrogen) atoms. The molecule has 0 unspecified atom stereocenters. The predicted molar refractivity (Wildman–Crippen MR) is 60.7 cm³/mol. The Kier molecular flexibility index (Phi) is 3.77. The number of piperazine rings is 1. The van der Waals surface area contributed by atoms with Crippen LogP contribution >= 0.6 is 0 Å². The van der Waals surface area contributed by atoms with Gasteiger partial charge in [0.2, 0.25) is 0 Å². The molecule has 2 N–H and O–H groups in total. The molecular weight excluding hydrogens is 174 g/mol. The van der Waals surface area contributed by atoms with Crippen molar-refractivity contribution in [3.05, 3.63) is 36.7 Å². The average molecular weight is 193 g/mol. The third-order valence-corrected chi connectivity index (χ3v) is 2.40. The fraction of sp³-hybridized carbons (Fsp3) is 0.455. The van der Waals surface area contributed by atoms with Gasteiger partial charge in [0.15, 0.2) is 0 Å². The van der Waals surface area contributed by atoms with Crippen LogP contribution in [0.25, 0.3) is 0 Å². The molecule has 0 aromatic rings. The highest BCUT2D eigenvalue weighted by Gasteiger charge is 2.12. The van der Waals surface area contributed by atoms with Crippen molar-refractivity contribution in [3.63, 3.8) is 0 Å². The van der Waals surface area contributed by atoms with Gasteiger partial charge in [0, 0.05) is 37.6 Å². The average Bonchev–Trinajstić information content (AvgIpc) is 2.15. The van der Waals surface area contributed by atoms with Gasteiger partial charge in [-0.25, -0.2) is 0 Å². The van der Waals surface area contributed by atoms with Crippen molar-refractivity contribution in [2.75, 3.05) is 33.2 Å². The van der Waals surface area contributed by atoms with Crippen LogP contribution in [0.5, 0.6) is 0 Å². The maximum Gasteiger partial charge on any atom is 0.0306 e. The summed E-state index contributed by atoms with van der Waals surface area (Å²) in [5, 5.41) is 0. The molecule has 0 bridgehead atoms. The maximum absolute atomic E-state index is 5.44. The molecule has 0 radical (unpaired) electrons. The van der Waals surface area contributed by atoms with E-state index in [1.807, 2.05) is 6.08 Å². The van der Waals surface area contributed by atoms with E-state index >= 15 is 0 Å². The van der Waals surface area contributed by atoms with Crippen LogP contribution in [0, 0.1) is 0 Å². The SMILES string of the molecule is C=C(N)/C=C\C(=C)N1CCN(C)CC1. The first kappa shape index (κ1) is 10.9. The number of nitrogens with two attached hydrogens (primary N) is 1. The van der Waals surface area contributed by atoms with Gasteiger partial charge in [0.25, 0.3) is 0 Å². The van der Waals surface area contributed by atoms with Gasteiger partial charge < -0.3 is 15.5 Å². The zero-order chi connectivity index (χ0) is 10.6. The van der Waals surface area contributed by atoms with Gasteiger partial charge >= 0.3 is 0 Å². The van der Waals surface area contributed by atoms with Crippen molar-refractivity contribution in [2.24, 2.45) is 5.73 Å². The Morgan fingerprint density at radius 2 is 1.71 bits per heavy atom. The van der Waals surface area contributed by atoms with Gasteiger partial charge in [-0.15, -0.1) is 0 Å². The minimum atomic E-state index is 0.570. The van der Waals surface area contributed by atoms with Crippen molar-refractivity contribution in [1.82, 2.24) is 9.80 Å².